The van der Waals surface area contributed by atoms with E-state index in [1.165, 1.54) is 12.1 Å². The second-order valence-electron chi connectivity index (χ2n) is 7.78. The van der Waals surface area contributed by atoms with E-state index in [0.717, 1.165) is 76.6 Å². The summed E-state index contributed by atoms with van der Waals surface area (Å²) in [4.78, 5) is 10.6. The highest BCUT2D eigenvalue weighted by atomic mass is 19.1. The van der Waals surface area contributed by atoms with Crippen molar-refractivity contribution in [2.24, 2.45) is 0 Å². The Morgan fingerprint density at radius 1 is 1.20 bits per heavy atom. The molecule has 3 N–H and O–H groups in total. The first-order valence-electron chi connectivity index (χ1n) is 10.4. The minimum Gasteiger partial charge on any atom is -0.505 e. The zero-order valence-corrected chi connectivity index (χ0v) is 17.1. The number of imidazole rings is 1. The summed E-state index contributed by atoms with van der Waals surface area (Å²) in [5.41, 5.74) is 6.49. The van der Waals surface area contributed by atoms with Crippen LogP contribution in [0.3, 0.4) is 0 Å². The molecule has 5 rings (SSSR count). The number of halogens is 1. The number of hydrogen-bond acceptors (Lipinski definition) is 4. The second kappa shape index (κ2) is 7.25. The lowest BCUT2D eigenvalue weighted by Gasteiger charge is -2.23. The highest BCUT2D eigenvalue weighted by Crippen LogP contribution is 2.34. The van der Waals surface area contributed by atoms with Gasteiger partial charge in [-0.25, -0.2) is 9.37 Å². The van der Waals surface area contributed by atoms with Gasteiger partial charge < -0.3 is 10.1 Å². The van der Waals surface area contributed by atoms with Gasteiger partial charge in [0.2, 0.25) is 0 Å². The van der Waals surface area contributed by atoms with Crippen molar-refractivity contribution >= 4 is 10.9 Å². The van der Waals surface area contributed by atoms with E-state index in [1.54, 1.807) is 0 Å². The maximum Gasteiger partial charge on any atom is 0.165 e. The number of aromatic amines is 2. The summed E-state index contributed by atoms with van der Waals surface area (Å²) in [6.07, 6.45) is 1.64. The fourth-order valence-corrected chi connectivity index (χ4v) is 4.27. The number of hydrogen-bond donors (Lipinski definition) is 3. The average molecular weight is 405 g/mol. The monoisotopic (exact) mass is 405 g/mol. The van der Waals surface area contributed by atoms with E-state index in [9.17, 15) is 9.50 Å². The molecule has 0 spiro atoms. The molecule has 2 aromatic carbocycles. The molecule has 2 aromatic heterocycles. The first kappa shape index (κ1) is 18.8. The third-order valence-corrected chi connectivity index (χ3v) is 6.01. The Balaban J connectivity index is 1.54. The zero-order valence-electron chi connectivity index (χ0n) is 17.1. The Labute approximate surface area is 173 Å². The number of fused-ring (bicyclic) bond motifs is 2. The van der Waals surface area contributed by atoms with E-state index in [2.05, 4.69) is 27.0 Å². The highest BCUT2D eigenvalue weighted by molar-refractivity contribution is 5.94. The number of aromatic hydroxyl groups is 1. The molecule has 0 saturated heterocycles. The molecule has 1 aliphatic rings. The number of phenols is 1. The third-order valence-electron chi connectivity index (χ3n) is 6.01. The van der Waals surface area contributed by atoms with E-state index in [4.69, 9.17) is 4.98 Å². The number of benzene rings is 2. The molecule has 6 nitrogen and oxygen atoms in total. The summed E-state index contributed by atoms with van der Waals surface area (Å²) < 4.78 is 14.0. The summed E-state index contributed by atoms with van der Waals surface area (Å²) >= 11 is 0. The Morgan fingerprint density at radius 3 is 2.87 bits per heavy atom. The first-order valence-corrected chi connectivity index (χ1v) is 10.4. The van der Waals surface area contributed by atoms with Crippen LogP contribution in [0, 0.1) is 5.82 Å². The van der Waals surface area contributed by atoms with Crippen LogP contribution in [0.1, 0.15) is 30.8 Å². The summed E-state index contributed by atoms with van der Waals surface area (Å²) in [6, 6.07) is 8.83. The number of rotatable bonds is 4. The summed E-state index contributed by atoms with van der Waals surface area (Å²) in [5, 5.41) is 18.3. The predicted molar refractivity (Wildman–Crippen MR) is 115 cm³/mol. The summed E-state index contributed by atoms with van der Waals surface area (Å²) in [5.74, 6) is -0.152. The Kier molecular flexibility index (Phi) is 4.55. The summed E-state index contributed by atoms with van der Waals surface area (Å²) in [6.45, 7) is 7.10. The van der Waals surface area contributed by atoms with Crippen molar-refractivity contribution in [3.8, 4) is 28.4 Å². The van der Waals surface area contributed by atoms with Crippen LogP contribution in [0.4, 0.5) is 4.39 Å². The molecule has 30 heavy (non-hydrogen) atoms. The standard InChI is InChI=1S/C23H24FN5O/c1-3-13-10-21(30)17(24)11-16(13)14-5-6-15-19(9-14)27-28-22(15)23-25-18-7-8-29(4-2)12-20(18)26-23/h5-6,9-11,30H,3-4,7-8,12H2,1-2H3,(H,25,26)(H,27,28). The third kappa shape index (κ3) is 3.06. The van der Waals surface area contributed by atoms with Crippen molar-refractivity contribution in [2.75, 3.05) is 13.1 Å². The molecule has 154 valence electrons. The van der Waals surface area contributed by atoms with Gasteiger partial charge in [0.05, 0.1) is 16.9 Å². The van der Waals surface area contributed by atoms with Gasteiger partial charge in [0, 0.05) is 24.9 Å². The maximum atomic E-state index is 14.0. The van der Waals surface area contributed by atoms with Crippen molar-refractivity contribution in [1.29, 1.82) is 0 Å². The lowest BCUT2D eigenvalue weighted by Crippen LogP contribution is -2.30. The van der Waals surface area contributed by atoms with Crippen molar-refractivity contribution < 1.29 is 9.50 Å². The minimum absolute atomic E-state index is 0.316. The van der Waals surface area contributed by atoms with Gasteiger partial charge in [0.25, 0.3) is 0 Å². The van der Waals surface area contributed by atoms with Gasteiger partial charge in [0.15, 0.2) is 17.4 Å². The molecule has 1 aliphatic heterocycles. The predicted octanol–water partition coefficient (Wildman–Crippen LogP) is 4.41. The largest absolute Gasteiger partial charge is 0.505 e. The molecular weight excluding hydrogens is 381 g/mol. The number of aryl methyl sites for hydroxylation is 1. The fourth-order valence-electron chi connectivity index (χ4n) is 4.27. The second-order valence-corrected chi connectivity index (χ2v) is 7.78. The quantitative estimate of drug-likeness (QED) is 0.470. The van der Waals surface area contributed by atoms with Gasteiger partial charge in [-0.15, -0.1) is 0 Å². The molecule has 0 unspecified atom stereocenters. The minimum atomic E-state index is -0.616. The maximum absolute atomic E-state index is 14.0. The van der Waals surface area contributed by atoms with Crippen LogP contribution in [0.5, 0.6) is 5.75 Å². The number of aromatic nitrogens is 4. The van der Waals surface area contributed by atoms with Gasteiger partial charge in [-0.2, -0.15) is 5.10 Å². The van der Waals surface area contributed by atoms with Gasteiger partial charge >= 0.3 is 0 Å². The lowest BCUT2D eigenvalue weighted by atomic mass is 9.96. The molecule has 0 saturated carbocycles. The van der Waals surface area contributed by atoms with E-state index in [1.807, 2.05) is 25.1 Å². The average Bonchev–Trinajstić information content (AvgIpc) is 3.37. The highest BCUT2D eigenvalue weighted by Gasteiger charge is 2.21. The Hall–Kier alpha value is -3.19. The van der Waals surface area contributed by atoms with Crippen LogP contribution in [0.2, 0.25) is 0 Å². The van der Waals surface area contributed by atoms with E-state index in [0.29, 0.717) is 6.42 Å². The van der Waals surface area contributed by atoms with Crippen molar-refractivity contribution in [3.63, 3.8) is 0 Å². The number of H-pyrrole nitrogens is 2. The number of nitrogens with zero attached hydrogens (tertiary/aromatic N) is 3. The number of likely N-dealkylation sites (N-methyl/N-ethyl adjacent to an activating group) is 1. The van der Waals surface area contributed by atoms with Crippen LogP contribution in [-0.2, 0) is 19.4 Å². The molecule has 0 bridgehead atoms. The van der Waals surface area contributed by atoms with Gasteiger partial charge in [-0.1, -0.05) is 19.9 Å². The van der Waals surface area contributed by atoms with E-state index in [-0.39, 0.29) is 5.75 Å². The Morgan fingerprint density at radius 2 is 2.07 bits per heavy atom. The van der Waals surface area contributed by atoms with E-state index >= 15 is 0 Å². The molecule has 7 heteroatoms. The van der Waals surface area contributed by atoms with Crippen LogP contribution in [-0.4, -0.2) is 43.3 Å². The van der Waals surface area contributed by atoms with Gasteiger partial charge in [-0.3, -0.25) is 10.00 Å². The van der Waals surface area contributed by atoms with Crippen molar-refractivity contribution in [3.05, 3.63) is 53.1 Å². The van der Waals surface area contributed by atoms with Crippen LogP contribution in [0.15, 0.2) is 30.3 Å². The molecule has 0 fully saturated rings. The number of phenolic OH excluding ortho intramolecular Hbond substituents is 1. The van der Waals surface area contributed by atoms with Gasteiger partial charge in [0.1, 0.15) is 5.69 Å². The first-order chi connectivity index (χ1) is 14.6. The molecular formula is C23H24FN5O. The van der Waals surface area contributed by atoms with Crippen molar-refractivity contribution in [1.82, 2.24) is 25.1 Å². The van der Waals surface area contributed by atoms with Crippen LogP contribution >= 0.6 is 0 Å². The summed E-state index contributed by atoms with van der Waals surface area (Å²) in [7, 11) is 0. The van der Waals surface area contributed by atoms with E-state index < -0.39 is 5.82 Å². The normalized spacial score (nSPS) is 14.4. The molecule has 4 aromatic rings. The molecule has 0 aliphatic carbocycles. The zero-order chi connectivity index (χ0) is 20.8. The number of nitrogens with one attached hydrogen (secondary N) is 2. The molecule has 0 amide bonds. The SMILES string of the molecule is CCc1cc(O)c(F)cc1-c1ccc2c(-c3nc4c([nH]3)CN(CC)CC4)n[nH]c2c1. The topological polar surface area (TPSA) is 80.8 Å². The fraction of sp³-hybridized carbons (Fsp3) is 0.304. The molecule has 3 heterocycles. The van der Waals surface area contributed by atoms with Crippen LogP contribution < -0.4 is 0 Å². The Bertz CT molecular complexity index is 1240. The molecule has 0 atom stereocenters. The lowest BCUT2D eigenvalue weighted by molar-refractivity contribution is 0.264. The van der Waals surface area contributed by atoms with Crippen molar-refractivity contribution in [2.45, 2.75) is 33.2 Å². The molecule has 0 radical (unpaired) electrons. The van der Waals surface area contributed by atoms with Crippen LogP contribution in [0.25, 0.3) is 33.5 Å². The van der Waals surface area contributed by atoms with Gasteiger partial charge in [-0.05, 0) is 53.9 Å². The smallest absolute Gasteiger partial charge is 0.165 e.